The van der Waals surface area contributed by atoms with Crippen LogP contribution < -0.4 is 0 Å². The molecule has 0 heterocycles. The molecule has 0 saturated heterocycles. The zero-order valence-electron chi connectivity index (χ0n) is 45.6. The molecule has 0 aromatic heterocycles. The average molecular weight is 932 g/mol. The molecular weight excluding hydrogens is 809 g/mol. The first kappa shape index (κ1) is 64.9. The molecule has 0 bridgehead atoms. The lowest BCUT2D eigenvalue weighted by Gasteiger charge is -2.06. The van der Waals surface area contributed by atoms with E-state index in [1.807, 2.05) is 0 Å². The third-order valence-electron chi connectivity index (χ3n) is 14.5. The Hall–Kier alpha value is -1.06. The predicted octanol–water partition coefficient (Wildman–Crippen LogP) is 22.0. The average Bonchev–Trinajstić information content (AvgIpc) is 3.32. The molecule has 0 radical (unpaired) electrons. The normalized spacial score (nSPS) is 11.5. The van der Waals surface area contributed by atoms with Crippen molar-refractivity contribution in [1.29, 1.82) is 0 Å². The van der Waals surface area contributed by atoms with Crippen molar-refractivity contribution in [3.05, 3.63) is 0 Å². The number of hydrogen-bond donors (Lipinski definition) is 0. The van der Waals surface area contributed by atoms with Crippen LogP contribution in [0.25, 0.3) is 0 Å². The lowest BCUT2D eigenvalue weighted by molar-refractivity contribution is -0.144. The zero-order valence-corrected chi connectivity index (χ0v) is 45.6. The number of unbranched alkanes of at least 4 members (excludes halogenated alkanes) is 51. The van der Waals surface area contributed by atoms with Crippen molar-refractivity contribution in [2.45, 2.75) is 373 Å². The van der Waals surface area contributed by atoms with E-state index in [0.29, 0.717) is 26.1 Å². The van der Waals surface area contributed by atoms with Gasteiger partial charge in [-0.15, -0.1) is 0 Å². The van der Waals surface area contributed by atoms with Gasteiger partial charge in [0.05, 0.1) is 13.2 Å². The van der Waals surface area contributed by atoms with Gasteiger partial charge >= 0.3 is 11.9 Å². The minimum atomic E-state index is 0.0208. The van der Waals surface area contributed by atoms with E-state index in [2.05, 4.69) is 13.8 Å². The van der Waals surface area contributed by atoms with Crippen LogP contribution in [0.4, 0.5) is 0 Å². The Balaban J connectivity index is 3.19. The summed E-state index contributed by atoms with van der Waals surface area (Å²) in [5.41, 5.74) is 0. The highest BCUT2D eigenvalue weighted by Gasteiger charge is 2.05. The quantitative estimate of drug-likeness (QED) is 0.0450. The highest BCUT2D eigenvalue weighted by atomic mass is 16.5. The molecule has 0 aromatic carbocycles. The molecule has 0 spiro atoms. The maximum Gasteiger partial charge on any atom is 0.305 e. The summed E-state index contributed by atoms with van der Waals surface area (Å²) in [5.74, 6) is 0.0416. The second-order valence-electron chi connectivity index (χ2n) is 21.3. The van der Waals surface area contributed by atoms with Gasteiger partial charge in [0.2, 0.25) is 0 Å². The van der Waals surface area contributed by atoms with E-state index in [9.17, 15) is 9.59 Å². The molecule has 0 unspecified atom stereocenters. The third-order valence-corrected chi connectivity index (χ3v) is 14.5. The number of carbonyl (C=O) groups is 2. The number of esters is 2. The molecule has 0 aromatic rings. The van der Waals surface area contributed by atoms with Crippen molar-refractivity contribution >= 4 is 11.9 Å². The molecule has 0 aliphatic heterocycles. The summed E-state index contributed by atoms with van der Waals surface area (Å²) in [6.45, 7) is 5.83. The maximum absolute atomic E-state index is 12.1. The molecule has 0 saturated carbocycles. The molecule has 0 aliphatic rings. The highest BCUT2D eigenvalue weighted by Crippen LogP contribution is 2.18. The highest BCUT2D eigenvalue weighted by molar-refractivity contribution is 5.69. The Bertz CT molecular complexity index is 830. The van der Waals surface area contributed by atoms with Gasteiger partial charge in [-0.05, 0) is 25.7 Å². The smallest absolute Gasteiger partial charge is 0.305 e. The SMILES string of the molecule is CCCCCCCCCCCCCCCCCCCCCC(=O)OCCCCCCCCCCCCCCCCCCOC(=O)CCCCCCCCCCCCCCCCCCCCC. The maximum atomic E-state index is 12.1. The second kappa shape index (κ2) is 60.1. The van der Waals surface area contributed by atoms with E-state index >= 15 is 0 Å². The largest absolute Gasteiger partial charge is 0.466 e. The zero-order chi connectivity index (χ0) is 47.6. The van der Waals surface area contributed by atoms with Crippen molar-refractivity contribution in [2.75, 3.05) is 13.2 Å². The van der Waals surface area contributed by atoms with Crippen LogP contribution in [-0.4, -0.2) is 25.2 Å². The molecule has 0 N–H and O–H groups in total. The summed E-state index contributed by atoms with van der Waals surface area (Å²) in [7, 11) is 0. The van der Waals surface area contributed by atoms with E-state index in [1.54, 1.807) is 0 Å². The molecule has 0 atom stereocenters. The number of hydrogen-bond acceptors (Lipinski definition) is 4. The Morgan fingerprint density at radius 2 is 0.333 bits per heavy atom. The van der Waals surface area contributed by atoms with Crippen molar-refractivity contribution in [1.82, 2.24) is 0 Å². The second-order valence-corrected chi connectivity index (χ2v) is 21.3. The van der Waals surface area contributed by atoms with Crippen LogP contribution in [0.5, 0.6) is 0 Å². The fourth-order valence-electron chi connectivity index (χ4n) is 9.89. The summed E-state index contributed by atoms with van der Waals surface area (Å²) in [6, 6.07) is 0. The molecule has 394 valence electrons. The van der Waals surface area contributed by atoms with Gasteiger partial charge in [0.15, 0.2) is 0 Å². The predicted molar refractivity (Wildman–Crippen MR) is 292 cm³/mol. The minimum Gasteiger partial charge on any atom is -0.466 e. The lowest BCUT2D eigenvalue weighted by Crippen LogP contribution is -2.05. The summed E-state index contributed by atoms with van der Waals surface area (Å²) < 4.78 is 11.0. The molecule has 0 fully saturated rings. The van der Waals surface area contributed by atoms with Crippen LogP contribution in [0.3, 0.4) is 0 Å². The van der Waals surface area contributed by atoms with Gasteiger partial charge in [-0.2, -0.15) is 0 Å². The molecule has 4 heteroatoms. The van der Waals surface area contributed by atoms with Gasteiger partial charge in [0, 0.05) is 12.8 Å². The molecular formula is C62H122O4. The molecule has 0 aliphatic carbocycles. The van der Waals surface area contributed by atoms with E-state index < -0.39 is 0 Å². The Labute approximate surface area is 416 Å². The van der Waals surface area contributed by atoms with Crippen molar-refractivity contribution < 1.29 is 19.1 Å². The van der Waals surface area contributed by atoms with Gasteiger partial charge < -0.3 is 9.47 Å². The lowest BCUT2D eigenvalue weighted by atomic mass is 10.0. The number of carbonyl (C=O) groups excluding carboxylic acids is 2. The third kappa shape index (κ3) is 59.1. The van der Waals surface area contributed by atoms with Crippen LogP contribution in [0.1, 0.15) is 373 Å². The van der Waals surface area contributed by atoms with Crippen molar-refractivity contribution in [3.8, 4) is 0 Å². The first-order chi connectivity index (χ1) is 32.7. The number of rotatable bonds is 59. The van der Waals surface area contributed by atoms with Crippen LogP contribution in [0.15, 0.2) is 0 Å². The van der Waals surface area contributed by atoms with Crippen LogP contribution in [-0.2, 0) is 19.1 Å². The monoisotopic (exact) mass is 931 g/mol. The van der Waals surface area contributed by atoms with E-state index in [0.717, 1.165) is 25.7 Å². The minimum absolute atomic E-state index is 0.0208. The van der Waals surface area contributed by atoms with Crippen LogP contribution >= 0.6 is 0 Å². The summed E-state index contributed by atoms with van der Waals surface area (Å²) in [6.07, 6.45) is 74.3. The van der Waals surface area contributed by atoms with Gasteiger partial charge in [0.1, 0.15) is 0 Å². The molecule has 66 heavy (non-hydrogen) atoms. The summed E-state index contributed by atoms with van der Waals surface area (Å²) in [5, 5.41) is 0. The van der Waals surface area contributed by atoms with Gasteiger partial charge in [-0.25, -0.2) is 0 Å². The fourth-order valence-corrected chi connectivity index (χ4v) is 9.89. The van der Waals surface area contributed by atoms with E-state index in [-0.39, 0.29) is 11.9 Å². The topological polar surface area (TPSA) is 52.6 Å². The first-order valence-electron chi connectivity index (χ1n) is 31.0. The van der Waals surface area contributed by atoms with E-state index in [1.165, 1.54) is 321 Å². The van der Waals surface area contributed by atoms with Crippen LogP contribution in [0.2, 0.25) is 0 Å². The molecule has 0 amide bonds. The molecule has 0 rings (SSSR count). The van der Waals surface area contributed by atoms with Gasteiger partial charge in [-0.1, -0.05) is 335 Å². The fraction of sp³-hybridized carbons (Fsp3) is 0.968. The Kier molecular flexibility index (Phi) is 59.1. The van der Waals surface area contributed by atoms with E-state index in [4.69, 9.17) is 9.47 Å². The Morgan fingerprint density at radius 3 is 0.500 bits per heavy atom. The van der Waals surface area contributed by atoms with Gasteiger partial charge in [-0.3, -0.25) is 9.59 Å². The first-order valence-corrected chi connectivity index (χ1v) is 31.0. The standard InChI is InChI=1S/C62H122O4/c1-3-5-7-9-11-13-15-17-19-21-23-25-29-33-37-41-45-49-53-57-61(63)65-59-55-51-47-43-39-35-31-27-28-32-36-40-44-48-52-56-60-66-62(64)58-54-50-46-42-38-34-30-26-24-22-20-18-16-14-12-10-8-6-4-2/h3-60H2,1-2H3. The molecule has 4 nitrogen and oxygen atoms in total. The summed E-state index contributed by atoms with van der Waals surface area (Å²) >= 11 is 0. The van der Waals surface area contributed by atoms with Crippen molar-refractivity contribution in [2.24, 2.45) is 0 Å². The van der Waals surface area contributed by atoms with Crippen molar-refractivity contribution in [3.63, 3.8) is 0 Å². The number of ether oxygens (including phenoxy) is 2. The summed E-state index contributed by atoms with van der Waals surface area (Å²) in [4.78, 5) is 24.2. The Morgan fingerprint density at radius 1 is 0.197 bits per heavy atom. The van der Waals surface area contributed by atoms with Crippen LogP contribution in [0, 0.1) is 0 Å². The van der Waals surface area contributed by atoms with Gasteiger partial charge in [0.25, 0.3) is 0 Å².